The van der Waals surface area contributed by atoms with E-state index in [0.29, 0.717) is 35.6 Å². The first-order valence-electron chi connectivity index (χ1n) is 10.4. The quantitative estimate of drug-likeness (QED) is 0.626. The number of nitrogens with one attached hydrogen (secondary N) is 1. The fraction of sp³-hybridized carbons (Fsp3) is 0.333. The van der Waals surface area contributed by atoms with E-state index in [2.05, 4.69) is 46.1 Å². The Morgan fingerprint density at radius 3 is 2.35 bits per heavy atom. The van der Waals surface area contributed by atoms with Gasteiger partial charge in [0, 0.05) is 31.6 Å². The summed E-state index contributed by atoms with van der Waals surface area (Å²) in [5, 5.41) is 0. The molecule has 4 nitrogen and oxygen atoms in total. The number of halogens is 3. The molecule has 1 aliphatic heterocycles. The summed E-state index contributed by atoms with van der Waals surface area (Å²) in [6.45, 7) is 4.19. The molecule has 2 heterocycles. The molecule has 4 rings (SSSR count). The lowest BCUT2D eigenvalue weighted by Gasteiger charge is -2.27. The lowest BCUT2D eigenvalue weighted by Crippen LogP contribution is -2.35. The summed E-state index contributed by atoms with van der Waals surface area (Å²) in [6.07, 6.45) is -1.58. The van der Waals surface area contributed by atoms with Gasteiger partial charge in [-0.3, -0.25) is 9.69 Å². The van der Waals surface area contributed by atoms with Crippen LogP contribution in [-0.2, 0) is 32.1 Å². The summed E-state index contributed by atoms with van der Waals surface area (Å²) >= 11 is 0. The van der Waals surface area contributed by atoms with Crippen molar-refractivity contribution >= 4 is 0 Å². The molecule has 162 valence electrons. The summed E-state index contributed by atoms with van der Waals surface area (Å²) in [4.78, 5) is 22.2. The molecule has 1 N–H and O–H groups in total. The molecule has 1 aliphatic rings. The van der Waals surface area contributed by atoms with Crippen LogP contribution in [0, 0.1) is 0 Å². The summed E-state index contributed by atoms with van der Waals surface area (Å²) in [5.74, 6) is 0.303. The van der Waals surface area contributed by atoms with Crippen molar-refractivity contribution in [3.8, 4) is 11.4 Å². The molecule has 0 fully saturated rings. The van der Waals surface area contributed by atoms with Crippen LogP contribution in [0.1, 0.15) is 41.3 Å². The maximum Gasteiger partial charge on any atom is 0.416 e. The van der Waals surface area contributed by atoms with E-state index in [1.165, 1.54) is 23.3 Å². The summed E-state index contributed by atoms with van der Waals surface area (Å²) in [6, 6.07) is 13.3. The van der Waals surface area contributed by atoms with Gasteiger partial charge in [-0.2, -0.15) is 13.2 Å². The van der Waals surface area contributed by atoms with E-state index >= 15 is 0 Å². The molecule has 0 atom stereocenters. The van der Waals surface area contributed by atoms with E-state index in [-0.39, 0.29) is 5.56 Å². The maximum atomic E-state index is 12.8. The van der Waals surface area contributed by atoms with Crippen LogP contribution >= 0.6 is 0 Å². The minimum atomic E-state index is -4.39. The van der Waals surface area contributed by atoms with E-state index in [0.717, 1.165) is 38.1 Å². The van der Waals surface area contributed by atoms with E-state index in [1.807, 2.05) is 0 Å². The van der Waals surface area contributed by atoms with Crippen LogP contribution in [0.25, 0.3) is 11.4 Å². The van der Waals surface area contributed by atoms with Gasteiger partial charge in [0.2, 0.25) is 0 Å². The molecular formula is C24H24F3N3O. The predicted octanol–water partition coefficient (Wildman–Crippen LogP) is 4.97. The third-order valence-corrected chi connectivity index (χ3v) is 5.60. The predicted molar refractivity (Wildman–Crippen MR) is 114 cm³/mol. The Labute approximate surface area is 178 Å². The normalized spacial score (nSPS) is 14.5. The van der Waals surface area contributed by atoms with Gasteiger partial charge in [-0.25, -0.2) is 4.98 Å². The molecule has 0 aliphatic carbocycles. The van der Waals surface area contributed by atoms with Gasteiger partial charge in [0.1, 0.15) is 5.82 Å². The van der Waals surface area contributed by atoms with E-state index < -0.39 is 11.7 Å². The fourth-order valence-electron chi connectivity index (χ4n) is 3.93. The number of alkyl halides is 3. The largest absolute Gasteiger partial charge is 0.416 e. The molecule has 0 saturated carbocycles. The first kappa shape index (κ1) is 21.3. The van der Waals surface area contributed by atoms with Crippen LogP contribution in [0.3, 0.4) is 0 Å². The zero-order chi connectivity index (χ0) is 22.0. The summed E-state index contributed by atoms with van der Waals surface area (Å²) < 4.78 is 38.3. The molecule has 0 radical (unpaired) electrons. The van der Waals surface area contributed by atoms with Gasteiger partial charge in [0.15, 0.2) is 0 Å². The van der Waals surface area contributed by atoms with Crippen LogP contribution in [0.4, 0.5) is 13.2 Å². The first-order chi connectivity index (χ1) is 14.8. The monoisotopic (exact) mass is 427 g/mol. The Morgan fingerprint density at radius 2 is 1.71 bits per heavy atom. The van der Waals surface area contributed by atoms with Gasteiger partial charge in [0.05, 0.1) is 16.8 Å². The summed E-state index contributed by atoms with van der Waals surface area (Å²) in [7, 11) is 0. The van der Waals surface area contributed by atoms with Gasteiger partial charge in [0.25, 0.3) is 5.56 Å². The number of aryl methyl sites for hydroxylation is 1. The van der Waals surface area contributed by atoms with Crippen molar-refractivity contribution in [2.24, 2.45) is 0 Å². The smallest absolute Gasteiger partial charge is 0.306 e. The lowest BCUT2D eigenvalue weighted by atomic mass is 10.0. The molecule has 2 aromatic carbocycles. The van der Waals surface area contributed by atoms with Gasteiger partial charge in [-0.15, -0.1) is 0 Å². The number of aromatic amines is 1. The third-order valence-electron chi connectivity index (χ3n) is 5.60. The van der Waals surface area contributed by atoms with Crippen molar-refractivity contribution < 1.29 is 13.2 Å². The van der Waals surface area contributed by atoms with Crippen molar-refractivity contribution in [1.29, 1.82) is 0 Å². The minimum Gasteiger partial charge on any atom is -0.306 e. The van der Waals surface area contributed by atoms with E-state index in [4.69, 9.17) is 0 Å². The molecule has 7 heteroatoms. The average Bonchev–Trinajstić information content (AvgIpc) is 2.75. The molecule has 31 heavy (non-hydrogen) atoms. The highest BCUT2D eigenvalue weighted by atomic mass is 19.4. The van der Waals surface area contributed by atoms with Crippen molar-refractivity contribution in [3.05, 3.63) is 86.8 Å². The zero-order valence-electron chi connectivity index (χ0n) is 17.3. The number of nitrogens with zero attached hydrogens (tertiary/aromatic N) is 2. The van der Waals surface area contributed by atoms with E-state index in [1.54, 1.807) is 0 Å². The minimum absolute atomic E-state index is 0.233. The van der Waals surface area contributed by atoms with Crippen molar-refractivity contribution in [3.63, 3.8) is 0 Å². The number of hydrogen-bond acceptors (Lipinski definition) is 3. The molecular weight excluding hydrogens is 403 g/mol. The number of H-pyrrole nitrogens is 1. The number of rotatable bonds is 5. The van der Waals surface area contributed by atoms with Crippen molar-refractivity contribution in [1.82, 2.24) is 14.9 Å². The second-order valence-electron chi connectivity index (χ2n) is 7.94. The fourth-order valence-corrected chi connectivity index (χ4v) is 3.93. The molecule has 0 unspecified atom stereocenters. The van der Waals surface area contributed by atoms with Crippen LogP contribution in [-0.4, -0.2) is 21.4 Å². The molecule has 1 aromatic heterocycles. The highest BCUT2D eigenvalue weighted by molar-refractivity contribution is 5.56. The van der Waals surface area contributed by atoms with Crippen molar-refractivity contribution in [2.75, 3.05) is 6.54 Å². The Bertz CT molecular complexity index is 1100. The highest BCUT2D eigenvalue weighted by Gasteiger charge is 2.30. The molecule has 0 amide bonds. The number of benzene rings is 2. The maximum absolute atomic E-state index is 12.8. The first-order valence-corrected chi connectivity index (χ1v) is 10.4. The SMILES string of the molecule is CCCc1ccc(CN2CCc3nc(-c4ccc(C(F)(F)F)cc4)[nH]c(=O)c3C2)cc1. The van der Waals surface area contributed by atoms with Crippen LogP contribution < -0.4 is 5.56 Å². The zero-order valence-corrected chi connectivity index (χ0v) is 17.3. The van der Waals surface area contributed by atoms with Gasteiger partial charge in [-0.1, -0.05) is 49.7 Å². The average molecular weight is 427 g/mol. The van der Waals surface area contributed by atoms with Gasteiger partial charge in [-0.05, 0) is 29.7 Å². The van der Waals surface area contributed by atoms with E-state index in [9.17, 15) is 18.0 Å². The molecule has 0 saturated heterocycles. The molecule has 3 aromatic rings. The van der Waals surface area contributed by atoms with Gasteiger partial charge < -0.3 is 4.98 Å². The van der Waals surface area contributed by atoms with Gasteiger partial charge >= 0.3 is 6.18 Å². The lowest BCUT2D eigenvalue weighted by molar-refractivity contribution is -0.137. The number of aromatic nitrogens is 2. The highest BCUT2D eigenvalue weighted by Crippen LogP contribution is 2.30. The Hall–Kier alpha value is -2.93. The van der Waals surface area contributed by atoms with Crippen LogP contribution in [0.5, 0.6) is 0 Å². The number of fused-ring (bicyclic) bond motifs is 1. The number of hydrogen-bond donors (Lipinski definition) is 1. The molecule has 0 bridgehead atoms. The Kier molecular flexibility index (Phi) is 5.96. The second kappa shape index (κ2) is 8.67. The summed E-state index contributed by atoms with van der Waals surface area (Å²) in [5.41, 5.74) is 3.37. The Morgan fingerprint density at radius 1 is 1.03 bits per heavy atom. The van der Waals surface area contributed by atoms with Crippen LogP contribution in [0.2, 0.25) is 0 Å². The standard InChI is InChI=1S/C24H24F3N3O/c1-2-3-16-4-6-17(7-5-16)14-30-13-12-21-20(15-30)23(31)29-22(28-21)18-8-10-19(11-9-18)24(25,26)27/h4-11H,2-3,12-15H2,1H3,(H,28,29,31). The third kappa shape index (κ3) is 4.88. The van der Waals surface area contributed by atoms with Crippen LogP contribution in [0.15, 0.2) is 53.3 Å². The molecule has 0 spiro atoms. The second-order valence-corrected chi connectivity index (χ2v) is 7.94. The topological polar surface area (TPSA) is 49.0 Å². The van der Waals surface area contributed by atoms with Crippen molar-refractivity contribution in [2.45, 2.75) is 45.5 Å². The Balaban J connectivity index is 1.50.